The van der Waals surface area contributed by atoms with Crippen LogP contribution in [0.25, 0.3) is 0 Å². The van der Waals surface area contributed by atoms with E-state index in [2.05, 4.69) is 10.9 Å². The minimum atomic E-state index is -0.979. The van der Waals surface area contributed by atoms with Gasteiger partial charge in [-0.05, 0) is 24.1 Å². The van der Waals surface area contributed by atoms with Crippen LogP contribution in [0.1, 0.15) is 35.2 Å². The van der Waals surface area contributed by atoms with Crippen LogP contribution >= 0.6 is 0 Å². The molecule has 0 aliphatic heterocycles. The molecule has 1 aromatic carbocycles. The van der Waals surface area contributed by atoms with Crippen LogP contribution in [0, 0.1) is 0 Å². The molecule has 0 heterocycles. The standard InChI is InChI=1S/C13H17N3O4/c14-11(17)2-1-3-12(18)16-15-8-9-4-6-10(7-5-9)13(19)20/h4-7,15H,1-3,8H2,(H2,14,17)(H,16,18)(H,19,20). The first-order valence-electron chi connectivity index (χ1n) is 6.11. The Morgan fingerprint density at radius 3 is 2.30 bits per heavy atom. The molecule has 20 heavy (non-hydrogen) atoms. The van der Waals surface area contributed by atoms with Crippen molar-refractivity contribution in [3.8, 4) is 0 Å². The minimum Gasteiger partial charge on any atom is -0.478 e. The zero-order chi connectivity index (χ0) is 15.0. The van der Waals surface area contributed by atoms with E-state index in [4.69, 9.17) is 10.8 Å². The minimum absolute atomic E-state index is 0.185. The van der Waals surface area contributed by atoms with Crippen molar-refractivity contribution in [2.24, 2.45) is 5.73 Å². The summed E-state index contributed by atoms with van der Waals surface area (Å²) in [7, 11) is 0. The van der Waals surface area contributed by atoms with Gasteiger partial charge in [0.25, 0.3) is 0 Å². The van der Waals surface area contributed by atoms with E-state index in [0.29, 0.717) is 13.0 Å². The fraction of sp³-hybridized carbons (Fsp3) is 0.308. The van der Waals surface area contributed by atoms with Gasteiger partial charge in [0.15, 0.2) is 0 Å². The molecule has 0 atom stereocenters. The molecule has 0 radical (unpaired) electrons. The average Bonchev–Trinajstić information content (AvgIpc) is 2.39. The summed E-state index contributed by atoms with van der Waals surface area (Å²) in [4.78, 5) is 32.5. The van der Waals surface area contributed by atoms with Crippen LogP contribution in [-0.4, -0.2) is 22.9 Å². The molecule has 0 aromatic heterocycles. The Kier molecular flexibility index (Phi) is 6.18. The van der Waals surface area contributed by atoms with Gasteiger partial charge in [0, 0.05) is 19.4 Å². The molecule has 0 spiro atoms. The number of carbonyl (C=O) groups is 3. The van der Waals surface area contributed by atoms with Gasteiger partial charge in [-0.1, -0.05) is 12.1 Å². The van der Waals surface area contributed by atoms with Gasteiger partial charge in [0.05, 0.1) is 5.56 Å². The van der Waals surface area contributed by atoms with Crippen LogP contribution in [0.3, 0.4) is 0 Å². The van der Waals surface area contributed by atoms with Crippen molar-refractivity contribution in [3.05, 3.63) is 35.4 Å². The third kappa shape index (κ3) is 5.96. The lowest BCUT2D eigenvalue weighted by molar-refractivity contribution is -0.122. The molecular formula is C13H17N3O4. The van der Waals surface area contributed by atoms with Gasteiger partial charge < -0.3 is 10.8 Å². The zero-order valence-corrected chi connectivity index (χ0v) is 10.9. The highest BCUT2D eigenvalue weighted by atomic mass is 16.4. The summed E-state index contributed by atoms with van der Waals surface area (Å²) in [6, 6.07) is 6.31. The van der Waals surface area contributed by atoms with Crippen LogP contribution in [0.2, 0.25) is 0 Å². The molecule has 1 aromatic rings. The first-order chi connectivity index (χ1) is 9.49. The first-order valence-corrected chi connectivity index (χ1v) is 6.11. The van der Waals surface area contributed by atoms with Gasteiger partial charge >= 0.3 is 5.97 Å². The fourth-order valence-electron chi connectivity index (χ4n) is 1.50. The summed E-state index contributed by atoms with van der Waals surface area (Å²) in [6.45, 7) is 0.376. The van der Waals surface area contributed by atoms with E-state index in [-0.39, 0.29) is 24.3 Å². The smallest absolute Gasteiger partial charge is 0.335 e. The molecule has 0 aliphatic carbocycles. The second-order valence-electron chi connectivity index (χ2n) is 4.22. The lowest BCUT2D eigenvalue weighted by atomic mass is 10.1. The number of carboxylic acids is 1. The second kappa shape index (κ2) is 7.90. The van der Waals surface area contributed by atoms with Gasteiger partial charge in [-0.2, -0.15) is 0 Å². The van der Waals surface area contributed by atoms with Gasteiger partial charge in [-0.3, -0.25) is 15.0 Å². The van der Waals surface area contributed by atoms with E-state index in [1.165, 1.54) is 12.1 Å². The Morgan fingerprint density at radius 1 is 1.10 bits per heavy atom. The number of amides is 2. The largest absolute Gasteiger partial charge is 0.478 e. The number of hydrogen-bond donors (Lipinski definition) is 4. The summed E-state index contributed by atoms with van der Waals surface area (Å²) in [6.07, 6.45) is 0.814. The van der Waals surface area contributed by atoms with E-state index < -0.39 is 11.9 Å². The van der Waals surface area contributed by atoms with Crippen LogP contribution in [0.5, 0.6) is 0 Å². The summed E-state index contributed by atoms with van der Waals surface area (Å²) in [5.41, 5.74) is 11.2. The predicted octanol–water partition coefficient (Wildman–Crippen LogP) is 0.161. The maximum absolute atomic E-state index is 11.4. The van der Waals surface area contributed by atoms with Crippen molar-refractivity contribution in [1.82, 2.24) is 10.9 Å². The summed E-state index contributed by atoms with van der Waals surface area (Å²) >= 11 is 0. The summed E-state index contributed by atoms with van der Waals surface area (Å²) in [5.74, 6) is -1.63. The monoisotopic (exact) mass is 279 g/mol. The average molecular weight is 279 g/mol. The Morgan fingerprint density at radius 2 is 1.75 bits per heavy atom. The van der Waals surface area contributed by atoms with Gasteiger partial charge in [0.2, 0.25) is 11.8 Å². The van der Waals surface area contributed by atoms with Crippen molar-refractivity contribution in [2.45, 2.75) is 25.8 Å². The highest BCUT2D eigenvalue weighted by Crippen LogP contribution is 2.03. The van der Waals surface area contributed by atoms with E-state index in [9.17, 15) is 14.4 Å². The van der Waals surface area contributed by atoms with E-state index in [1.807, 2.05) is 0 Å². The Balaban J connectivity index is 2.24. The fourth-order valence-corrected chi connectivity index (χ4v) is 1.50. The second-order valence-corrected chi connectivity index (χ2v) is 4.22. The van der Waals surface area contributed by atoms with Crippen molar-refractivity contribution in [3.63, 3.8) is 0 Å². The number of carbonyl (C=O) groups excluding carboxylic acids is 2. The molecule has 0 bridgehead atoms. The SMILES string of the molecule is NC(=O)CCCC(=O)NNCc1ccc(C(=O)O)cc1. The molecule has 2 amide bonds. The highest BCUT2D eigenvalue weighted by molar-refractivity contribution is 5.87. The number of aromatic carboxylic acids is 1. The van der Waals surface area contributed by atoms with Gasteiger partial charge in [0.1, 0.15) is 0 Å². The van der Waals surface area contributed by atoms with Crippen molar-refractivity contribution in [1.29, 1.82) is 0 Å². The lowest BCUT2D eigenvalue weighted by Gasteiger charge is -2.07. The number of benzene rings is 1. The molecule has 0 fully saturated rings. The van der Waals surface area contributed by atoms with Crippen LogP contribution in [0.4, 0.5) is 0 Å². The number of hydrazine groups is 1. The topological polar surface area (TPSA) is 122 Å². The van der Waals surface area contributed by atoms with Crippen molar-refractivity contribution in [2.75, 3.05) is 0 Å². The number of nitrogens with one attached hydrogen (secondary N) is 2. The van der Waals surface area contributed by atoms with E-state index >= 15 is 0 Å². The third-order valence-electron chi connectivity index (χ3n) is 2.55. The maximum Gasteiger partial charge on any atom is 0.335 e. The molecular weight excluding hydrogens is 262 g/mol. The van der Waals surface area contributed by atoms with Crippen LogP contribution in [0.15, 0.2) is 24.3 Å². The van der Waals surface area contributed by atoms with Gasteiger partial charge in [-0.25, -0.2) is 10.2 Å². The third-order valence-corrected chi connectivity index (χ3v) is 2.55. The first kappa shape index (κ1) is 15.6. The van der Waals surface area contributed by atoms with E-state index in [0.717, 1.165) is 5.56 Å². The van der Waals surface area contributed by atoms with Crippen LogP contribution in [-0.2, 0) is 16.1 Å². The molecule has 5 N–H and O–H groups in total. The number of rotatable bonds is 8. The Labute approximate surface area is 116 Å². The number of primary amides is 1. The van der Waals surface area contributed by atoms with Gasteiger partial charge in [-0.15, -0.1) is 0 Å². The highest BCUT2D eigenvalue weighted by Gasteiger charge is 2.03. The zero-order valence-electron chi connectivity index (χ0n) is 10.9. The number of hydrogen-bond acceptors (Lipinski definition) is 4. The number of nitrogens with two attached hydrogens (primary N) is 1. The Hall–Kier alpha value is -2.41. The molecule has 0 saturated carbocycles. The molecule has 7 heteroatoms. The normalized spacial score (nSPS) is 10.0. The molecule has 1 rings (SSSR count). The molecule has 0 saturated heterocycles. The van der Waals surface area contributed by atoms with E-state index in [1.54, 1.807) is 12.1 Å². The van der Waals surface area contributed by atoms with Crippen molar-refractivity contribution < 1.29 is 19.5 Å². The molecule has 0 aliphatic rings. The quantitative estimate of drug-likeness (QED) is 0.505. The molecule has 7 nitrogen and oxygen atoms in total. The molecule has 108 valence electrons. The predicted molar refractivity (Wildman–Crippen MR) is 71.4 cm³/mol. The Bertz CT molecular complexity index is 485. The summed E-state index contributed by atoms with van der Waals surface area (Å²) < 4.78 is 0. The molecule has 0 unspecified atom stereocenters. The van der Waals surface area contributed by atoms with Crippen LogP contribution < -0.4 is 16.6 Å². The summed E-state index contributed by atoms with van der Waals surface area (Å²) in [5, 5.41) is 8.74. The van der Waals surface area contributed by atoms with Crippen molar-refractivity contribution >= 4 is 17.8 Å². The maximum atomic E-state index is 11.4. The number of carboxylic acid groups (broad SMARTS) is 1. The lowest BCUT2D eigenvalue weighted by Crippen LogP contribution is -2.36.